The van der Waals surface area contributed by atoms with Crippen LogP contribution >= 0.6 is 0 Å². The molecule has 1 rings (SSSR count). The first-order valence-corrected chi connectivity index (χ1v) is 4.66. The summed E-state index contributed by atoms with van der Waals surface area (Å²) in [6, 6.07) is 6.99. The topological polar surface area (TPSA) is 29.1 Å². The number of hydrogen-bond acceptors (Lipinski definition) is 1. The van der Waals surface area contributed by atoms with E-state index in [0.717, 1.165) is 11.1 Å². The molecule has 1 aromatic rings. The van der Waals surface area contributed by atoms with Crippen LogP contribution in [0.15, 0.2) is 24.3 Å². The highest BCUT2D eigenvalue weighted by Gasteiger charge is 2.17. The lowest BCUT2D eigenvalue weighted by molar-refractivity contribution is -0.132. The van der Waals surface area contributed by atoms with Crippen LogP contribution in [0.5, 0.6) is 0 Å². The van der Waals surface area contributed by atoms with Crippen LogP contribution in [0.1, 0.15) is 24.1 Å². The van der Waals surface area contributed by atoms with E-state index >= 15 is 0 Å². The quantitative estimate of drug-likeness (QED) is 0.820. The third-order valence-electron chi connectivity index (χ3n) is 2.10. The zero-order chi connectivity index (χ0) is 11.4. The van der Waals surface area contributed by atoms with Crippen LogP contribution in [0.2, 0.25) is 0 Å². The molecule has 0 aliphatic carbocycles. The third-order valence-corrected chi connectivity index (χ3v) is 2.10. The van der Waals surface area contributed by atoms with Crippen LogP contribution in [0.25, 0.3) is 0 Å². The fraction of sp³-hybridized carbons (Fsp3) is 0.364. The lowest BCUT2D eigenvalue weighted by atomic mass is 10.1. The number of carbonyl (C=O) groups excluding carboxylic acids is 1. The van der Waals surface area contributed by atoms with Gasteiger partial charge in [0.25, 0.3) is 5.91 Å². The normalized spacial score (nSPS) is 12.6. The molecule has 0 spiro atoms. The summed E-state index contributed by atoms with van der Waals surface area (Å²) >= 11 is 0. The number of hydrogen-bond donors (Lipinski definition) is 1. The van der Waals surface area contributed by atoms with E-state index in [1.165, 1.54) is 0 Å². The fourth-order valence-electron chi connectivity index (χ4n) is 1.30. The summed E-state index contributed by atoms with van der Waals surface area (Å²) in [7, 11) is 0. The van der Waals surface area contributed by atoms with E-state index in [2.05, 4.69) is 5.32 Å². The molecule has 1 amide bonds. The van der Waals surface area contributed by atoms with Gasteiger partial charge in [-0.1, -0.05) is 29.8 Å². The summed E-state index contributed by atoms with van der Waals surface area (Å²) in [5.41, 5.74) is 1.86. The molecule has 2 nitrogen and oxygen atoms in total. The number of alkyl halides is 2. The van der Waals surface area contributed by atoms with Crippen LogP contribution in [0.4, 0.5) is 8.78 Å². The highest BCUT2D eigenvalue weighted by atomic mass is 19.3. The van der Waals surface area contributed by atoms with Crippen molar-refractivity contribution >= 4 is 5.91 Å². The summed E-state index contributed by atoms with van der Waals surface area (Å²) in [6.07, 6.45) is -2.96. The molecular weight excluding hydrogens is 200 g/mol. The van der Waals surface area contributed by atoms with E-state index in [0.29, 0.717) is 0 Å². The Labute approximate surface area is 87.3 Å². The highest BCUT2D eigenvalue weighted by Crippen LogP contribution is 2.14. The van der Waals surface area contributed by atoms with E-state index in [-0.39, 0.29) is 0 Å². The number of rotatable bonds is 3. The second kappa shape index (κ2) is 4.87. The van der Waals surface area contributed by atoms with Crippen molar-refractivity contribution in [2.24, 2.45) is 0 Å². The molecule has 0 fully saturated rings. The van der Waals surface area contributed by atoms with Gasteiger partial charge >= 0.3 is 6.43 Å². The minimum Gasteiger partial charge on any atom is -0.345 e. The van der Waals surface area contributed by atoms with Crippen molar-refractivity contribution in [2.75, 3.05) is 0 Å². The van der Waals surface area contributed by atoms with Gasteiger partial charge in [-0.3, -0.25) is 4.79 Å². The second-order valence-electron chi connectivity index (χ2n) is 3.45. The average Bonchev–Trinajstić information content (AvgIpc) is 2.17. The lowest BCUT2D eigenvalue weighted by Crippen LogP contribution is -2.31. The van der Waals surface area contributed by atoms with Gasteiger partial charge in [0.15, 0.2) is 0 Å². The molecule has 0 saturated carbocycles. The number of nitrogens with one attached hydrogen (secondary N) is 1. The molecule has 1 N–H and O–H groups in total. The van der Waals surface area contributed by atoms with Gasteiger partial charge in [0, 0.05) is 0 Å². The Kier molecular flexibility index (Phi) is 3.77. The largest absolute Gasteiger partial charge is 0.345 e. The zero-order valence-electron chi connectivity index (χ0n) is 8.63. The van der Waals surface area contributed by atoms with Gasteiger partial charge in [-0.25, -0.2) is 0 Å². The molecule has 0 radical (unpaired) electrons. The molecule has 82 valence electrons. The van der Waals surface area contributed by atoms with Crippen LogP contribution in [0.3, 0.4) is 0 Å². The summed E-state index contributed by atoms with van der Waals surface area (Å²) in [5, 5.41) is 2.23. The maximum absolute atomic E-state index is 12.0. The van der Waals surface area contributed by atoms with E-state index in [9.17, 15) is 13.6 Å². The Morgan fingerprint density at radius 2 is 2.07 bits per heavy atom. The Balaban J connectivity index is 2.69. The van der Waals surface area contributed by atoms with Crippen LogP contribution in [-0.2, 0) is 4.79 Å². The smallest absolute Gasteiger partial charge is 0.315 e. The molecule has 0 saturated heterocycles. The van der Waals surface area contributed by atoms with Crippen molar-refractivity contribution < 1.29 is 13.6 Å². The molecular formula is C11H13F2NO. The van der Waals surface area contributed by atoms with E-state index in [4.69, 9.17) is 0 Å². The number of halogens is 2. The van der Waals surface area contributed by atoms with Crippen LogP contribution in [0, 0.1) is 6.92 Å². The van der Waals surface area contributed by atoms with Gasteiger partial charge < -0.3 is 5.32 Å². The van der Waals surface area contributed by atoms with Crippen molar-refractivity contribution in [3.8, 4) is 0 Å². The predicted molar refractivity (Wildman–Crippen MR) is 53.7 cm³/mol. The maximum Gasteiger partial charge on any atom is 0.315 e. The van der Waals surface area contributed by atoms with Gasteiger partial charge in [0.1, 0.15) is 0 Å². The molecule has 0 bridgehead atoms. The Hall–Kier alpha value is -1.45. The lowest BCUT2D eigenvalue weighted by Gasteiger charge is -2.14. The third kappa shape index (κ3) is 3.31. The van der Waals surface area contributed by atoms with Gasteiger partial charge in [0.2, 0.25) is 0 Å². The van der Waals surface area contributed by atoms with Crippen LogP contribution < -0.4 is 5.32 Å². The van der Waals surface area contributed by atoms with Gasteiger partial charge in [-0.2, -0.15) is 8.78 Å². The van der Waals surface area contributed by atoms with Crippen LogP contribution in [-0.4, -0.2) is 12.3 Å². The molecule has 0 aliphatic rings. The Morgan fingerprint density at radius 3 is 2.60 bits per heavy atom. The zero-order valence-corrected chi connectivity index (χ0v) is 8.63. The molecule has 0 unspecified atom stereocenters. The van der Waals surface area contributed by atoms with Gasteiger partial charge in [0.05, 0.1) is 6.04 Å². The summed E-state index contributed by atoms with van der Waals surface area (Å²) in [6.45, 7) is 3.58. The summed E-state index contributed by atoms with van der Waals surface area (Å²) in [4.78, 5) is 10.8. The fourth-order valence-corrected chi connectivity index (χ4v) is 1.30. The summed E-state index contributed by atoms with van der Waals surface area (Å²) < 4.78 is 23.9. The standard InChI is InChI=1S/C11H13F2NO/c1-7-4-3-5-9(6-7)8(2)14-11(15)10(12)13/h3-6,8,10H,1-2H3,(H,14,15)/t8-/m0/s1. The SMILES string of the molecule is Cc1cccc([C@H](C)NC(=O)C(F)F)c1. The number of aryl methyl sites for hydroxylation is 1. The molecule has 0 aromatic heterocycles. The average molecular weight is 213 g/mol. The molecule has 4 heteroatoms. The Bertz CT molecular complexity index is 352. The molecule has 0 heterocycles. The second-order valence-corrected chi connectivity index (χ2v) is 3.45. The van der Waals surface area contributed by atoms with Gasteiger partial charge in [-0.05, 0) is 19.4 Å². The first-order valence-electron chi connectivity index (χ1n) is 4.66. The highest BCUT2D eigenvalue weighted by molar-refractivity contribution is 5.79. The molecule has 1 atom stereocenters. The van der Waals surface area contributed by atoms with Crippen molar-refractivity contribution in [1.82, 2.24) is 5.32 Å². The van der Waals surface area contributed by atoms with E-state index in [1.807, 2.05) is 25.1 Å². The minimum atomic E-state index is -2.96. The molecule has 15 heavy (non-hydrogen) atoms. The van der Waals surface area contributed by atoms with Crippen molar-refractivity contribution in [3.05, 3.63) is 35.4 Å². The van der Waals surface area contributed by atoms with Crippen molar-refractivity contribution in [1.29, 1.82) is 0 Å². The Morgan fingerprint density at radius 1 is 1.40 bits per heavy atom. The minimum absolute atomic E-state index is 0.397. The van der Waals surface area contributed by atoms with E-state index < -0.39 is 18.4 Å². The van der Waals surface area contributed by atoms with E-state index in [1.54, 1.807) is 13.0 Å². The first-order chi connectivity index (χ1) is 7.00. The maximum atomic E-state index is 12.0. The van der Waals surface area contributed by atoms with Crippen molar-refractivity contribution in [2.45, 2.75) is 26.3 Å². The number of carbonyl (C=O) groups is 1. The first kappa shape index (κ1) is 11.6. The van der Waals surface area contributed by atoms with Gasteiger partial charge in [-0.15, -0.1) is 0 Å². The summed E-state index contributed by atoms with van der Waals surface area (Å²) in [5.74, 6) is -1.23. The monoisotopic (exact) mass is 213 g/mol. The van der Waals surface area contributed by atoms with Crippen molar-refractivity contribution in [3.63, 3.8) is 0 Å². The molecule has 0 aliphatic heterocycles. The molecule has 1 aromatic carbocycles. The predicted octanol–water partition coefficient (Wildman–Crippen LogP) is 2.44. The number of benzene rings is 1. The number of amides is 1.